The first kappa shape index (κ1) is 17.4. The molecular formula is C16H37P. The molecule has 0 nitrogen and oxygen atoms in total. The van der Waals surface area contributed by atoms with E-state index < -0.39 is 7.26 Å². The first-order valence-corrected chi connectivity index (χ1v) is 11.5. The third-order valence-electron chi connectivity index (χ3n) is 3.91. The standard InChI is InChI=1S/C16H37P/c1-5-7-9-11-13-15-17(3,4)16-14-12-10-8-6-2/h17H,5-16H2,1-4H3. The van der Waals surface area contributed by atoms with Crippen LogP contribution in [0.1, 0.15) is 78.1 Å². The molecule has 0 aromatic carbocycles. The van der Waals surface area contributed by atoms with E-state index in [9.17, 15) is 0 Å². The summed E-state index contributed by atoms with van der Waals surface area (Å²) >= 11 is 0. The monoisotopic (exact) mass is 260 g/mol. The molecule has 0 N–H and O–H groups in total. The Kier molecular flexibility index (Phi) is 11.8. The third-order valence-corrected chi connectivity index (χ3v) is 7.33. The van der Waals surface area contributed by atoms with Crippen molar-refractivity contribution in [3.8, 4) is 0 Å². The molecule has 0 aromatic rings. The molecule has 0 aliphatic carbocycles. The molecule has 0 amide bonds. The molecule has 0 rings (SSSR count). The van der Waals surface area contributed by atoms with Gasteiger partial charge in [0.25, 0.3) is 0 Å². The van der Waals surface area contributed by atoms with Gasteiger partial charge in [-0.1, -0.05) is 0 Å². The van der Waals surface area contributed by atoms with Gasteiger partial charge in [0.1, 0.15) is 0 Å². The van der Waals surface area contributed by atoms with E-state index in [0.29, 0.717) is 0 Å². The van der Waals surface area contributed by atoms with Crippen molar-refractivity contribution in [3.63, 3.8) is 0 Å². The van der Waals surface area contributed by atoms with Crippen LogP contribution in [-0.2, 0) is 0 Å². The van der Waals surface area contributed by atoms with Crippen molar-refractivity contribution in [3.05, 3.63) is 0 Å². The molecule has 0 aromatic heterocycles. The van der Waals surface area contributed by atoms with E-state index in [1.54, 1.807) is 12.3 Å². The summed E-state index contributed by atoms with van der Waals surface area (Å²) in [5.41, 5.74) is 0. The van der Waals surface area contributed by atoms with Crippen molar-refractivity contribution < 1.29 is 0 Å². The van der Waals surface area contributed by atoms with Crippen molar-refractivity contribution in [2.45, 2.75) is 78.1 Å². The first-order valence-electron chi connectivity index (χ1n) is 8.12. The van der Waals surface area contributed by atoms with Crippen molar-refractivity contribution >= 4 is 7.26 Å². The Morgan fingerprint density at radius 2 is 0.882 bits per heavy atom. The predicted octanol–water partition coefficient (Wildman–Crippen LogP) is 5.94. The molecule has 0 fully saturated rings. The van der Waals surface area contributed by atoms with Crippen LogP contribution >= 0.6 is 7.26 Å². The van der Waals surface area contributed by atoms with Crippen LogP contribution in [0, 0.1) is 0 Å². The minimum absolute atomic E-state index is 0.824. The molecule has 0 saturated heterocycles. The molecule has 0 aliphatic rings. The second-order valence-corrected chi connectivity index (χ2v) is 11.8. The SMILES string of the molecule is CCCCCCC[PH](C)(C)CCCCCCC. The van der Waals surface area contributed by atoms with Gasteiger partial charge in [0.15, 0.2) is 0 Å². The van der Waals surface area contributed by atoms with Gasteiger partial charge in [-0.25, -0.2) is 0 Å². The number of hydrogen-bond acceptors (Lipinski definition) is 0. The van der Waals surface area contributed by atoms with Crippen molar-refractivity contribution in [2.75, 3.05) is 25.7 Å². The summed E-state index contributed by atoms with van der Waals surface area (Å²) in [6, 6.07) is 0. The molecule has 0 aliphatic heterocycles. The third kappa shape index (κ3) is 12.7. The summed E-state index contributed by atoms with van der Waals surface area (Å²) in [4.78, 5) is 0. The fraction of sp³-hybridized carbons (Fsp3) is 1.00. The van der Waals surface area contributed by atoms with E-state index in [4.69, 9.17) is 0 Å². The first-order chi connectivity index (χ1) is 8.12. The molecule has 17 heavy (non-hydrogen) atoms. The second kappa shape index (κ2) is 11.5. The normalized spacial score (nSPS) is 12.9. The molecule has 0 saturated carbocycles. The fourth-order valence-electron chi connectivity index (χ4n) is 2.54. The Bertz CT molecular complexity index is 136. The fourth-order valence-corrected chi connectivity index (χ4v) is 5.20. The topological polar surface area (TPSA) is 0 Å². The van der Waals surface area contributed by atoms with Gasteiger partial charge >= 0.3 is 111 Å². The van der Waals surface area contributed by atoms with Crippen LogP contribution in [0.5, 0.6) is 0 Å². The maximum atomic E-state index is 2.60. The average Bonchev–Trinajstić information content (AvgIpc) is 2.28. The van der Waals surface area contributed by atoms with Gasteiger partial charge in [-0.2, -0.15) is 0 Å². The second-order valence-electron chi connectivity index (χ2n) is 6.49. The Hall–Kier alpha value is 0.430. The van der Waals surface area contributed by atoms with Crippen LogP contribution in [0.15, 0.2) is 0 Å². The molecule has 0 bridgehead atoms. The zero-order valence-electron chi connectivity index (χ0n) is 13.0. The van der Waals surface area contributed by atoms with Crippen LogP contribution in [0.2, 0.25) is 0 Å². The quantitative estimate of drug-likeness (QED) is 0.301. The zero-order valence-corrected chi connectivity index (χ0v) is 14.0. The summed E-state index contributed by atoms with van der Waals surface area (Å²) < 4.78 is 0. The average molecular weight is 260 g/mol. The van der Waals surface area contributed by atoms with Crippen LogP contribution in [0.25, 0.3) is 0 Å². The van der Waals surface area contributed by atoms with Crippen LogP contribution in [0.4, 0.5) is 0 Å². The molecule has 0 radical (unpaired) electrons. The van der Waals surface area contributed by atoms with Gasteiger partial charge in [-0.15, -0.1) is 0 Å². The molecule has 1 heteroatoms. The Balaban J connectivity index is 3.38. The van der Waals surface area contributed by atoms with Gasteiger partial charge in [-0.05, 0) is 0 Å². The summed E-state index contributed by atoms with van der Waals surface area (Å²) in [7, 11) is -0.824. The van der Waals surface area contributed by atoms with E-state index in [1.807, 2.05) is 0 Å². The van der Waals surface area contributed by atoms with Crippen LogP contribution in [-0.4, -0.2) is 25.7 Å². The molecule has 106 valence electrons. The Labute approximate surface area is 111 Å². The van der Waals surface area contributed by atoms with E-state index in [2.05, 4.69) is 27.2 Å². The Morgan fingerprint density at radius 3 is 1.24 bits per heavy atom. The number of hydrogen-bond donors (Lipinski definition) is 0. The van der Waals surface area contributed by atoms with E-state index in [1.165, 1.54) is 64.2 Å². The Morgan fingerprint density at radius 1 is 0.529 bits per heavy atom. The van der Waals surface area contributed by atoms with Crippen molar-refractivity contribution in [2.24, 2.45) is 0 Å². The minimum atomic E-state index is -0.824. The van der Waals surface area contributed by atoms with Gasteiger partial charge < -0.3 is 0 Å². The van der Waals surface area contributed by atoms with Gasteiger partial charge in [-0.3, -0.25) is 0 Å². The van der Waals surface area contributed by atoms with Crippen molar-refractivity contribution in [1.82, 2.24) is 0 Å². The van der Waals surface area contributed by atoms with Gasteiger partial charge in [0.05, 0.1) is 0 Å². The number of unbranched alkanes of at least 4 members (excludes halogenated alkanes) is 8. The molecular weight excluding hydrogens is 223 g/mol. The van der Waals surface area contributed by atoms with E-state index in [-0.39, 0.29) is 0 Å². The molecule has 0 atom stereocenters. The maximum absolute atomic E-state index is 2.60. The zero-order chi connectivity index (χ0) is 13.0. The predicted molar refractivity (Wildman–Crippen MR) is 87.4 cm³/mol. The van der Waals surface area contributed by atoms with E-state index >= 15 is 0 Å². The summed E-state index contributed by atoms with van der Waals surface area (Å²) in [5, 5.41) is 0. The molecule has 0 spiro atoms. The van der Waals surface area contributed by atoms with E-state index in [0.717, 1.165) is 0 Å². The van der Waals surface area contributed by atoms with Crippen LogP contribution < -0.4 is 0 Å². The van der Waals surface area contributed by atoms with Crippen LogP contribution in [0.3, 0.4) is 0 Å². The van der Waals surface area contributed by atoms with Gasteiger partial charge in [0, 0.05) is 0 Å². The summed E-state index contributed by atoms with van der Waals surface area (Å²) in [6.07, 6.45) is 17.7. The summed E-state index contributed by atoms with van der Waals surface area (Å²) in [6.45, 7) is 9.81. The number of rotatable bonds is 12. The molecule has 0 heterocycles. The van der Waals surface area contributed by atoms with Gasteiger partial charge in [0.2, 0.25) is 0 Å². The summed E-state index contributed by atoms with van der Waals surface area (Å²) in [5.74, 6) is 0. The van der Waals surface area contributed by atoms with Crippen molar-refractivity contribution in [1.29, 1.82) is 0 Å². The molecule has 0 unspecified atom stereocenters.